The van der Waals surface area contributed by atoms with E-state index in [4.69, 9.17) is 10.5 Å². The molecule has 0 aliphatic rings. The van der Waals surface area contributed by atoms with Crippen LogP contribution in [-0.2, 0) is 6.42 Å². The largest absolute Gasteiger partial charge is 0.497 e. The molecule has 100 valence electrons. The summed E-state index contributed by atoms with van der Waals surface area (Å²) < 4.78 is 5.17. The van der Waals surface area contributed by atoms with Crippen molar-refractivity contribution in [2.75, 3.05) is 13.7 Å². The lowest BCUT2D eigenvalue weighted by atomic mass is 10.2. The van der Waals surface area contributed by atoms with Crippen molar-refractivity contribution in [2.45, 2.75) is 12.8 Å². The molecule has 0 fully saturated rings. The van der Waals surface area contributed by atoms with Crippen molar-refractivity contribution in [1.29, 1.82) is 0 Å². The Morgan fingerprint density at radius 1 is 1.37 bits per heavy atom. The Kier molecular flexibility index (Phi) is 4.30. The normalized spacial score (nSPS) is 10.4. The molecule has 0 atom stereocenters. The minimum Gasteiger partial charge on any atom is -0.497 e. The van der Waals surface area contributed by atoms with Gasteiger partial charge in [-0.3, -0.25) is 4.79 Å². The number of benzene rings is 1. The smallest absolute Gasteiger partial charge is 0.251 e. The highest BCUT2D eigenvalue weighted by molar-refractivity contribution is 5.57. The molecule has 1 aromatic heterocycles. The number of rotatable bonds is 5. The number of nitrogens with one attached hydrogen (secondary N) is 1. The third kappa shape index (κ3) is 3.42. The van der Waals surface area contributed by atoms with Crippen molar-refractivity contribution < 1.29 is 4.74 Å². The average Bonchev–Trinajstić information content (AvgIpc) is 2.44. The molecule has 2 rings (SSSR count). The van der Waals surface area contributed by atoms with E-state index in [9.17, 15) is 4.79 Å². The zero-order valence-corrected chi connectivity index (χ0v) is 10.8. The molecule has 0 aliphatic heterocycles. The van der Waals surface area contributed by atoms with Gasteiger partial charge in [-0.2, -0.15) is 0 Å². The van der Waals surface area contributed by atoms with Crippen LogP contribution in [0.5, 0.6) is 5.75 Å². The third-order valence-corrected chi connectivity index (χ3v) is 2.77. The molecule has 5 nitrogen and oxygen atoms in total. The van der Waals surface area contributed by atoms with Gasteiger partial charge >= 0.3 is 0 Å². The topological polar surface area (TPSA) is 81.0 Å². The highest BCUT2D eigenvalue weighted by Crippen LogP contribution is 2.20. The molecule has 5 heteroatoms. The van der Waals surface area contributed by atoms with E-state index in [1.54, 1.807) is 7.11 Å². The number of ether oxygens (including phenoxy) is 1. The van der Waals surface area contributed by atoms with Crippen molar-refractivity contribution in [2.24, 2.45) is 5.73 Å². The van der Waals surface area contributed by atoms with Crippen LogP contribution in [0.3, 0.4) is 0 Å². The van der Waals surface area contributed by atoms with E-state index in [2.05, 4.69) is 9.97 Å². The molecule has 0 spiro atoms. The van der Waals surface area contributed by atoms with Gasteiger partial charge in [-0.05, 0) is 31.5 Å². The Morgan fingerprint density at radius 3 is 2.95 bits per heavy atom. The summed E-state index contributed by atoms with van der Waals surface area (Å²) in [4.78, 5) is 18.8. The van der Waals surface area contributed by atoms with Gasteiger partial charge in [-0.25, -0.2) is 4.98 Å². The summed E-state index contributed by atoms with van der Waals surface area (Å²) in [5, 5.41) is 0. The maximum atomic E-state index is 11.6. The summed E-state index contributed by atoms with van der Waals surface area (Å²) >= 11 is 0. The van der Waals surface area contributed by atoms with Crippen LogP contribution in [0.2, 0.25) is 0 Å². The molecule has 19 heavy (non-hydrogen) atoms. The Bertz CT molecular complexity index is 608. The van der Waals surface area contributed by atoms with Gasteiger partial charge < -0.3 is 15.5 Å². The highest BCUT2D eigenvalue weighted by atomic mass is 16.5. The van der Waals surface area contributed by atoms with E-state index in [1.165, 1.54) is 6.07 Å². The van der Waals surface area contributed by atoms with Gasteiger partial charge in [-0.1, -0.05) is 12.1 Å². The van der Waals surface area contributed by atoms with Gasteiger partial charge in [0.15, 0.2) is 0 Å². The zero-order chi connectivity index (χ0) is 13.7. The van der Waals surface area contributed by atoms with Gasteiger partial charge in [0.25, 0.3) is 5.56 Å². The summed E-state index contributed by atoms with van der Waals surface area (Å²) in [6, 6.07) is 8.94. The van der Waals surface area contributed by atoms with Crippen molar-refractivity contribution >= 4 is 0 Å². The minimum atomic E-state index is -0.153. The van der Waals surface area contributed by atoms with Crippen LogP contribution >= 0.6 is 0 Å². The van der Waals surface area contributed by atoms with Gasteiger partial charge in [0.2, 0.25) is 0 Å². The zero-order valence-electron chi connectivity index (χ0n) is 10.8. The molecule has 0 radical (unpaired) electrons. The first-order valence-corrected chi connectivity index (χ1v) is 6.17. The Hall–Kier alpha value is -2.14. The fourth-order valence-corrected chi connectivity index (χ4v) is 1.83. The lowest BCUT2D eigenvalue weighted by molar-refractivity contribution is 0.415. The quantitative estimate of drug-likeness (QED) is 0.849. The van der Waals surface area contributed by atoms with E-state index in [0.717, 1.165) is 23.4 Å². The third-order valence-electron chi connectivity index (χ3n) is 2.77. The van der Waals surface area contributed by atoms with Crippen LogP contribution in [0.25, 0.3) is 11.4 Å². The molecule has 0 saturated carbocycles. The lowest BCUT2D eigenvalue weighted by Crippen LogP contribution is -2.11. The van der Waals surface area contributed by atoms with Crippen LogP contribution in [-0.4, -0.2) is 23.6 Å². The molecule has 1 heterocycles. The van der Waals surface area contributed by atoms with Crippen molar-refractivity contribution in [3.8, 4) is 17.1 Å². The van der Waals surface area contributed by atoms with Crippen LogP contribution < -0.4 is 16.0 Å². The predicted octanol–water partition coefficient (Wildman–Crippen LogP) is 1.34. The van der Waals surface area contributed by atoms with Gasteiger partial charge in [0, 0.05) is 17.3 Å². The lowest BCUT2D eigenvalue weighted by Gasteiger charge is -2.06. The van der Waals surface area contributed by atoms with Gasteiger partial charge in [0.1, 0.15) is 11.6 Å². The number of hydrogen-bond donors (Lipinski definition) is 2. The summed E-state index contributed by atoms with van der Waals surface area (Å²) in [6.45, 7) is 0.586. The summed E-state index contributed by atoms with van der Waals surface area (Å²) in [5.41, 5.74) is 6.90. The highest BCUT2D eigenvalue weighted by Gasteiger charge is 2.05. The first-order valence-electron chi connectivity index (χ1n) is 6.17. The predicted molar refractivity (Wildman–Crippen MR) is 74.2 cm³/mol. The fraction of sp³-hybridized carbons (Fsp3) is 0.286. The summed E-state index contributed by atoms with van der Waals surface area (Å²) in [7, 11) is 1.60. The molecule has 0 unspecified atom stereocenters. The van der Waals surface area contributed by atoms with E-state index in [-0.39, 0.29) is 5.56 Å². The molecule has 3 N–H and O–H groups in total. The second-order valence-corrected chi connectivity index (χ2v) is 4.21. The minimum absolute atomic E-state index is 0.153. The van der Waals surface area contributed by atoms with Crippen molar-refractivity contribution in [1.82, 2.24) is 9.97 Å². The average molecular weight is 259 g/mol. The number of aromatic amines is 1. The SMILES string of the molecule is COc1cccc(-c2nc(CCCN)cc(=O)[nH]2)c1. The second-order valence-electron chi connectivity index (χ2n) is 4.21. The van der Waals surface area contributed by atoms with Gasteiger partial charge in [0.05, 0.1) is 7.11 Å². The molecular formula is C14H17N3O2. The van der Waals surface area contributed by atoms with Crippen LogP contribution in [0.15, 0.2) is 35.1 Å². The van der Waals surface area contributed by atoms with E-state index < -0.39 is 0 Å². The standard InChI is InChI=1S/C14H17N3O2/c1-19-12-6-2-4-10(8-12)14-16-11(5-3-7-15)9-13(18)17-14/h2,4,6,8-9H,3,5,7,15H2,1H3,(H,16,17,18). The Balaban J connectivity index is 2.37. The van der Waals surface area contributed by atoms with E-state index in [1.807, 2.05) is 24.3 Å². The molecule has 0 amide bonds. The monoisotopic (exact) mass is 259 g/mol. The number of nitrogens with zero attached hydrogens (tertiary/aromatic N) is 1. The van der Waals surface area contributed by atoms with Gasteiger partial charge in [-0.15, -0.1) is 0 Å². The molecular weight excluding hydrogens is 242 g/mol. The number of methoxy groups -OCH3 is 1. The Labute approximate surface area is 111 Å². The summed E-state index contributed by atoms with van der Waals surface area (Å²) in [6.07, 6.45) is 1.52. The molecule has 0 aliphatic carbocycles. The van der Waals surface area contributed by atoms with E-state index in [0.29, 0.717) is 18.8 Å². The molecule has 0 bridgehead atoms. The maximum absolute atomic E-state index is 11.6. The number of H-pyrrole nitrogens is 1. The van der Waals surface area contributed by atoms with Crippen LogP contribution in [0.1, 0.15) is 12.1 Å². The second kappa shape index (κ2) is 6.15. The van der Waals surface area contributed by atoms with Crippen LogP contribution in [0, 0.1) is 0 Å². The number of aromatic nitrogens is 2. The number of hydrogen-bond acceptors (Lipinski definition) is 4. The Morgan fingerprint density at radius 2 is 2.21 bits per heavy atom. The first-order chi connectivity index (χ1) is 9.22. The number of nitrogens with two attached hydrogens (primary N) is 1. The molecule has 0 saturated heterocycles. The number of aryl methyl sites for hydroxylation is 1. The molecule has 2 aromatic rings. The van der Waals surface area contributed by atoms with Crippen molar-refractivity contribution in [3.63, 3.8) is 0 Å². The molecule has 1 aromatic carbocycles. The fourth-order valence-electron chi connectivity index (χ4n) is 1.83. The van der Waals surface area contributed by atoms with Crippen LogP contribution in [0.4, 0.5) is 0 Å². The van der Waals surface area contributed by atoms with Crippen molar-refractivity contribution in [3.05, 3.63) is 46.4 Å². The first kappa shape index (κ1) is 13.3. The van der Waals surface area contributed by atoms with E-state index >= 15 is 0 Å². The summed E-state index contributed by atoms with van der Waals surface area (Å²) in [5.74, 6) is 1.28. The maximum Gasteiger partial charge on any atom is 0.251 e.